The number of phenols is 1. The van der Waals surface area contributed by atoms with Gasteiger partial charge in [-0.1, -0.05) is 11.6 Å². The smallest absolute Gasteiger partial charge is 0.253 e. The van der Waals surface area contributed by atoms with Crippen LogP contribution in [-0.2, 0) is 25.6 Å². The highest BCUT2D eigenvalue weighted by Gasteiger charge is 2.76. The maximum Gasteiger partial charge on any atom is 0.253 e. The van der Waals surface area contributed by atoms with Gasteiger partial charge in [0.15, 0.2) is 9.75 Å². The number of anilines is 1. The minimum Gasteiger partial charge on any atom is -0.508 e. The Morgan fingerprint density at radius 2 is 1.73 bits per heavy atom. The molecule has 0 spiro atoms. The van der Waals surface area contributed by atoms with Crippen molar-refractivity contribution in [3.05, 3.63) is 75.1 Å². The Kier molecular flexibility index (Phi) is 5.96. The Bertz CT molecular complexity index is 1640. The molecule has 5 aliphatic rings. The van der Waals surface area contributed by atoms with E-state index in [-0.39, 0.29) is 36.8 Å². The number of carbonyl (C=O) groups is 4. The van der Waals surface area contributed by atoms with E-state index in [9.17, 15) is 24.3 Å². The Hall–Kier alpha value is -2.89. The van der Waals surface area contributed by atoms with E-state index >= 15 is 0 Å². The van der Waals surface area contributed by atoms with Gasteiger partial charge >= 0.3 is 0 Å². The Balaban J connectivity index is 1.36. The lowest BCUT2D eigenvalue weighted by molar-refractivity contribution is -0.138. The Morgan fingerprint density at radius 3 is 2.46 bits per heavy atom. The average molecular weight is 705 g/mol. The highest BCUT2D eigenvalue weighted by atomic mass is 127. The fourth-order valence-corrected chi connectivity index (χ4v) is 8.79. The van der Waals surface area contributed by atoms with Crippen LogP contribution in [0.1, 0.15) is 18.4 Å². The molecule has 0 aromatic heterocycles. The van der Waals surface area contributed by atoms with Gasteiger partial charge in [0.25, 0.3) is 11.8 Å². The molecule has 6 unspecified atom stereocenters. The number of alkyl halides is 2. The molecule has 210 valence electrons. The molecule has 4 amide bonds. The third-order valence-electron chi connectivity index (χ3n) is 9.25. The zero-order chi connectivity index (χ0) is 29.0. The molecule has 41 heavy (non-hydrogen) atoms. The minimum absolute atomic E-state index is 0.0553. The summed E-state index contributed by atoms with van der Waals surface area (Å²) in [6.45, 7) is 0. The molecule has 3 heterocycles. The molecule has 11 heteroatoms. The first-order chi connectivity index (χ1) is 19.5. The van der Waals surface area contributed by atoms with Crippen LogP contribution in [0, 0.1) is 27.2 Å². The zero-order valence-corrected chi connectivity index (χ0v) is 25.3. The summed E-state index contributed by atoms with van der Waals surface area (Å²) in [4.78, 5) is 53.5. The molecule has 2 saturated heterocycles. The summed E-state index contributed by atoms with van der Waals surface area (Å²) in [5.74, 6) is -4.18. The van der Waals surface area contributed by atoms with Gasteiger partial charge in [-0.2, -0.15) is 0 Å². The van der Waals surface area contributed by atoms with Crippen molar-refractivity contribution in [2.24, 2.45) is 23.7 Å². The Labute approximate surface area is 259 Å². The summed E-state index contributed by atoms with van der Waals surface area (Å²) >= 11 is 16.6. The van der Waals surface area contributed by atoms with Crippen LogP contribution in [0.2, 0.25) is 0 Å². The maximum absolute atomic E-state index is 14.0. The molecule has 2 aromatic carbocycles. The van der Waals surface area contributed by atoms with Crippen LogP contribution in [-0.4, -0.2) is 50.4 Å². The number of ether oxygens (including phenoxy) is 1. The lowest BCUT2D eigenvalue weighted by Crippen LogP contribution is -2.61. The number of hydrogen-bond acceptors (Lipinski definition) is 6. The quantitative estimate of drug-likeness (QED) is 0.213. The summed E-state index contributed by atoms with van der Waals surface area (Å²) in [5, 5.41) is 10.1. The van der Waals surface area contributed by atoms with E-state index in [1.54, 1.807) is 24.3 Å². The summed E-state index contributed by atoms with van der Waals surface area (Å²) in [6, 6.07) is 11.9. The van der Waals surface area contributed by atoms with E-state index in [2.05, 4.69) is 22.6 Å². The third kappa shape index (κ3) is 3.51. The number of amides is 4. The number of allylic oxidation sites excluding steroid dienone is 3. The standard InChI is InChI=1S/C30H23Cl2IN2O6/c1-34-27(39)29(31)12-21-19(7-8-20-23(21)26(38)35(25(20)37)17-4-2-16(33)3-5-17)24(30(29,32)28(34)40)15-10-14-11-18(36)6-9-22(14)41-13-15/h2-7,9,11,13,20-21,23-24,36H,8,10,12H2,1H3. The van der Waals surface area contributed by atoms with Gasteiger partial charge < -0.3 is 9.84 Å². The van der Waals surface area contributed by atoms with Gasteiger partial charge in [0.1, 0.15) is 11.5 Å². The molecule has 8 nitrogen and oxygen atoms in total. The molecule has 1 N–H and O–H groups in total. The van der Waals surface area contributed by atoms with Crippen molar-refractivity contribution in [1.82, 2.24) is 4.90 Å². The number of rotatable bonds is 2. The monoisotopic (exact) mass is 704 g/mol. The van der Waals surface area contributed by atoms with Crippen LogP contribution in [0.3, 0.4) is 0 Å². The van der Waals surface area contributed by atoms with E-state index < -0.39 is 45.2 Å². The first kappa shape index (κ1) is 27.0. The lowest BCUT2D eigenvalue weighted by Gasteiger charge is -2.51. The van der Waals surface area contributed by atoms with E-state index in [0.29, 0.717) is 28.1 Å². The number of halogens is 3. The number of imide groups is 2. The van der Waals surface area contributed by atoms with E-state index in [0.717, 1.165) is 8.47 Å². The summed E-state index contributed by atoms with van der Waals surface area (Å²) in [7, 11) is 1.36. The molecular formula is C30H23Cl2IN2O6. The molecule has 3 aliphatic heterocycles. The van der Waals surface area contributed by atoms with Crippen molar-refractivity contribution in [2.75, 3.05) is 11.9 Å². The van der Waals surface area contributed by atoms with E-state index in [1.807, 2.05) is 18.2 Å². The van der Waals surface area contributed by atoms with Gasteiger partial charge in [-0.3, -0.25) is 29.0 Å². The molecule has 0 bridgehead atoms. The van der Waals surface area contributed by atoms with Crippen molar-refractivity contribution in [2.45, 2.75) is 29.0 Å². The number of fused-ring (bicyclic) bond motifs is 5. The van der Waals surface area contributed by atoms with Crippen molar-refractivity contribution in [1.29, 1.82) is 0 Å². The SMILES string of the molecule is CN1C(=O)C2(Cl)CC3C(=CCC4C(=O)N(c5ccc(I)cc5)C(=O)C43)C(C3=COc4ccc(O)cc4C3)C2(Cl)C1=O. The molecule has 2 aromatic rings. The zero-order valence-electron chi connectivity index (χ0n) is 21.6. The predicted octanol–water partition coefficient (Wildman–Crippen LogP) is 4.54. The van der Waals surface area contributed by atoms with Crippen molar-refractivity contribution in [3.63, 3.8) is 0 Å². The van der Waals surface area contributed by atoms with Crippen LogP contribution in [0.5, 0.6) is 11.5 Å². The topological polar surface area (TPSA) is 104 Å². The van der Waals surface area contributed by atoms with Gasteiger partial charge in [0, 0.05) is 28.5 Å². The fraction of sp³-hybridized carbons (Fsp3) is 0.333. The average Bonchev–Trinajstić information content (AvgIpc) is 3.28. The molecule has 7 rings (SSSR count). The third-order valence-corrected chi connectivity index (χ3v) is 11.4. The lowest BCUT2D eigenvalue weighted by atomic mass is 9.56. The van der Waals surface area contributed by atoms with Gasteiger partial charge in [-0.15, -0.1) is 23.2 Å². The maximum atomic E-state index is 14.0. The first-order valence-corrected chi connectivity index (χ1v) is 15.0. The summed E-state index contributed by atoms with van der Waals surface area (Å²) in [6.07, 6.45) is 3.91. The van der Waals surface area contributed by atoms with Gasteiger partial charge in [-0.05, 0) is 89.4 Å². The highest BCUT2D eigenvalue weighted by Crippen LogP contribution is 2.64. The normalized spacial score (nSPS) is 34.0. The second-order valence-electron chi connectivity index (χ2n) is 11.3. The fourth-order valence-electron chi connectivity index (χ4n) is 7.40. The highest BCUT2D eigenvalue weighted by molar-refractivity contribution is 14.1. The van der Waals surface area contributed by atoms with E-state index in [4.69, 9.17) is 27.9 Å². The van der Waals surface area contributed by atoms with Crippen LogP contribution in [0.25, 0.3) is 0 Å². The number of nitrogens with zero attached hydrogens (tertiary/aromatic N) is 2. The largest absolute Gasteiger partial charge is 0.508 e. The predicted molar refractivity (Wildman–Crippen MR) is 158 cm³/mol. The van der Waals surface area contributed by atoms with Crippen molar-refractivity contribution in [3.8, 4) is 11.5 Å². The van der Waals surface area contributed by atoms with Gasteiger partial charge in [-0.25, -0.2) is 0 Å². The molecule has 0 radical (unpaired) electrons. The van der Waals surface area contributed by atoms with Crippen LogP contribution >= 0.6 is 45.8 Å². The summed E-state index contributed by atoms with van der Waals surface area (Å²) in [5.41, 5.74) is 2.47. The van der Waals surface area contributed by atoms with Crippen LogP contribution in [0.4, 0.5) is 5.69 Å². The summed E-state index contributed by atoms with van der Waals surface area (Å²) < 4.78 is 6.88. The second-order valence-corrected chi connectivity index (χ2v) is 13.8. The number of hydrogen-bond donors (Lipinski definition) is 1. The van der Waals surface area contributed by atoms with E-state index in [1.165, 1.54) is 24.3 Å². The number of likely N-dealkylation sites (tertiary alicyclic amines) is 1. The number of phenolic OH excluding ortho intramolecular Hbond substituents is 1. The Morgan fingerprint density at radius 1 is 1.00 bits per heavy atom. The molecule has 2 aliphatic carbocycles. The number of benzene rings is 2. The first-order valence-electron chi connectivity index (χ1n) is 13.2. The van der Waals surface area contributed by atoms with Gasteiger partial charge in [0.2, 0.25) is 11.8 Å². The molecule has 3 fully saturated rings. The molecule has 6 atom stereocenters. The number of aromatic hydroxyl groups is 1. The number of carbonyl (C=O) groups excluding carboxylic acids is 4. The second kappa shape index (κ2) is 9.05. The van der Waals surface area contributed by atoms with Crippen LogP contribution < -0.4 is 9.64 Å². The van der Waals surface area contributed by atoms with Crippen LogP contribution in [0.15, 0.2) is 65.9 Å². The van der Waals surface area contributed by atoms with Crippen molar-refractivity contribution < 1.29 is 29.0 Å². The molecule has 1 saturated carbocycles. The molecular weight excluding hydrogens is 682 g/mol. The van der Waals surface area contributed by atoms with Crippen molar-refractivity contribution >= 4 is 75.1 Å². The van der Waals surface area contributed by atoms with Gasteiger partial charge in [0.05, 0.1) is 23.8 Å². The minimum atomic E-state index is -1.87.